The van der Waals surface area contributed by atoms with Crippen LogP contribution >= 0.6 is 0 Å². The highest BCUT2D eigenvalue weighted by Gasteiger charge is 2.39. The van der Waals surface area contributed by atoms with Gasteiger partial charge in [-0.1, -0.05) is 23.8 Å². The van der Waals surface area contributed by atoms with Crippen molar-refractivity contribution in [2.75, 3.05) is 17.7 Å². The highest BCUT2D eigenvalue weighted by Crippen LogP contribution is 2.26. The molecule has 1 aliphatic heterocycles. The number of carbonyl (C=O) groups is 1. The van der Waals surface area contributed by atoms with Crippen LogP contribution in [0.5, 0.6) is 0 Å². The maximum Gasteiger partial charge on any atom is 0.246 e. The van der Waals surface area contributed by atoms with Crippen molar-refractivity contribution in [2.24, 2.45) is 7.05 Å². The maximum absolute atomic E-state index is 13.2. The molecular weight excluding hydrogens is 364 g/mol. The van der Waals surface area contributed by atoms with E-state index in [9.17, 15) is 13.2 Å². The minimum absolute atomic E-state index is 0.194. The van der Waals surface area contributed by atoms with Crippen LogP contribution in [0.4, 0.5) is 5.82 Å². The SMILES string of the molecule is Cc1ccc(C)c(CN([C@H]2CCCN(c3ccnn3C)C2=O)S(C)(=O)=O)c1. The van der Waals surface area contributed by atoms with E-state index in [0.29, 0.717) is 18.8 Å². The van der Waals surface area contributed by atoms with E-state index in [4.69, 9.17) is 0 Å². The minimum atomic E-state index is -3.56. The second kappa shape index (κ2) is 7.44. The Morgan fingerprint density at radius 3 is 2.63 bits per heavy atom. The maximum atomic E-state index is 13.2. The summed E-state index contributed by atoms with van der Waals surface area (Å²) in [6.45, 7) is 4.70. The number of sulfonamides is 1. The fourth-order valence-electron chi connectivity index (χ4n) is 3.58. The van der Waals surface area contributed by atoms with E-state index in [-0.39, 0.29) is 12.5 Å². The summed E-state index contributed by atoms with van der Waals surface area (Å²) >= 11 is 0. The smallest absolute Gasteiger partial charge is 0.246 e. The molecule has 8 heteroatoms. The van der Waals surface area contributed by atoms with E-state index >= 15 is 0 Å². The molecule has 1 aliphatic rings. The summed E-state index contributed by atoms with van der Waals surface area (Å²) in [6.07, 6.45) is 4.07. The Balaban J connectivity index is 1.94. The van der Waals surface area contributed by atoms with Crippen LogP contribution in [-0.4, -0.2) is 47.3 Å². The summed E-state index contributed by atoms with van der Waals surface area (Å²) in [6, 6.07) is 7.04. The molecule has 27 heavy (non-hydrogen) atoms. The van der Waals surface area contributed by atoms with Crippen molar-refractivity contribution in [1.82, 2.24) is 14.1 Å². The minimum Gasteiger partial charge on any atom is -0.296 e. The molecule has 0 spiro atoms. The second-order valence-corrected chi connectivity index (χ2v) is 9.13. The fraction of sp³-hybridized carbons (Fsp3) is 0.474. The van der Waals surface area contributed by atoms with Crippen molar-refractivity contribution in [2.45, 2.75) is 39.3 Å². The Hall–Kier alpha value is -2.19. The largest absolute Gasteiger partial charge is 0.296 e. The van der Waals surface area contributed by atoms with Gasteiger partial charge in [-0.2, -0.15) is 9.40 Å². The first kappa shape index (κ1) is 19.6. The highest BCUT2D eigenvalue weighted by atomic mass is 32.2. The van der Waals surface area contributed by atoms with Crippen molar-refractivity contribution in [3.8, 4) is 0 Å². The number of aryl methyl sites for hydroxylation is 3. The average Bonchev–Trinajstić information content (AvgIpc) is 3.01. The molecule has 1 atom stereocenters. The molecule has 0 bridgehead atoms. The lowest BCUT2D eigenvalue weighted by Gasteiger charge is -2.37. The molecule has 0 saturated carbocycles. The fourth-order valence-corrected chi connectivity index (χ4v) is 4.61. The summed E-state index contributed by atoms with van der Waals surface area (Å²) in [5.41, 5.74) is 3.00. The molecule has 7 nitrogen and oxygen atoms in total. The number of hydrogen-bond donors (Lipinski definition) is 0. The molecule has 1 amide bonds. The summed E-state index contributed by atoms with van der Waals surface area (Å²) in [5, 5.41) is 4.12. The number of rotatable bonds is 5. The third-order valence-corrected chi connectivity index (χ3v) is 6.32. The van der Waals surface area contributed by atoms with Crippen molar-refractivity contribution >= 4 is 21.7 Å². The van der Waals surface area contributed by atoms with E-state index in [1.165, 1.54) is 10.6 Å². The Morgan fingerprint density at radius 1 is 1.26 bits per heavy atom. The number of carbonyl (C=O) groups excluding carboxylic acids is 1. The van der Waals surface area contributed by atoms with Gasteiger partial charge in [-0.05, 0) is 37.8 Å². The van der Waals surface area contributed by atoms with Gasteiger partial charge in [-0.15, -0.1) is 0 Å². The topological polar surface area (TPSA) is 75.5 Å². The lowest BCUT2D eigenvalue weighted by Crippen LogP contribution is -2.54. The van der Waals surface area contributed by atoms with Crippen LogP contribution in [0.25, 0.3) is 0 Å². The van der Waals surface area contributed by atoms with Gasteiger partial charge in [0.2, 0.25) is 15.9 Å². The van der Waals surface area contributed by atoms with Crippen LogP contribution in [0.2, 0.25) is 0 Å². The lowest BCUT2D eigenvalue weighted by atomic mass is 10.0. The Bertz CT molecular complexity index is 952. The van der Waals surface area contributed by atoms with Gasteiger partial charge in [0, 0.05) is 26.2 Å². The molecule has 1 saturated heterocycles. The van der Waals surface area contributed by atoms with Crippen molar-refractivity contribution in [1.29, 1.82) is 0 Å². The highest BCUT2D eigenvalue weighted by molar-refractivity contribution is 7.88. The van der Waals surface area contributed by atoms with Gasteiger partial charge in [0.25, 0.3) is 0 Å². The first-order valence-corrected chi connectivity index (χ1v) is 10.9. The van der Waals surface area contributed by atoms with Gasteiger partial charge in [-0.3, -0.25) is 14.4 Å². The van der Waals surface area contributed by atoms with Gasteiger partial charge in [0.05, 0.1) is 12.5 Å². The van der Waals surface area contributed by atoms with Gasteiger partial charge < -0.3 is 0 Å². The first-order chi connectivity index (χ1) is 12.7. The molecule has 1 fully saturated rings. The molecule has 3 rings (SSSR count). The summed E-state index contributed by atoms with van der Waals surface area (Å²) in [7, 11) is -1.79. The van der Waals surface area contributed by atoms with Crippen LogP contribution in [0.1, 0.15) is 29.5 Å². The molecule has 1 aromatic carbocycles. The van der Waals surface area contributed by atoms with E-state index in [2.05, 4.69) is 5.10 Å². The zero-order valence-corrected chi connectivity index (χ0v) is 17.0. The van der Waals surface area contributed by atoms with Gasteiger partial charge in [-0.25, -0.2) is 8.42 Å². The molecule has 2 aromatic rings. The Kier molecular flexibility index (Phi) is 5.39. The molecule has 0 radical (unpaired) electrons. The predicted molar refractivity (Wildman–Crippen MR) is 105 cm³/mol. The third-order valence-electron chi connectivity index (χ3n) is 5.09. The van der Waals surface area contributed by atoms with Crippen LogP contribution in [0.3, 0.4) is 0 Å². The van der Waals surface area contributed by atoms with E-state index in [0.717, 1.165) is 23.1 Å². The van der Waals surface area contributed by atoms with Crippen molar-refractivity contribution < 1.29 is 13.2 Å². The number of aromatic nitrogens is 2. The number of amides is 1. The van der Waals surface area contributed by atoms with E-state index in [1.54, 1.807) is 28.9 Å². The van der Waals surface area contributed by atoms with Gasteiger partial charge in [0.1, 0.15) is 11.9 Å². The zero-order chi connectivity index (χ0) is 19.8. The third kappa shape index (κ3) is 4.06. The van der Waals surface area contributed by atoms with Crippen LogP contribution in [0, 0.1) is 13.8 Å². The normalized spacial score (nSPS) is 18.3. The van der Waals surface area contributed by atoms with Crippen LogP contribution in [-0.2, 0) is 28.4 Å². The molecule has 146 valence electrons. The molecule has 2 heterocycles. The average molecular weight is 391 g/mol. The van der Waals surface area contributed by atoms with Gasteiger partial charge in [0.15, 0.2) is 0 Å². The lowest BCUT2D eigenvalue weighted by molar-refractivity contribution is -0.123. The number of benzene rings is 1. The molecule has 1 aromatic heterocycles. The van der Waals surface area contributed by atoms with E-state index < -0.39 is 16.1 Å². The number of nitrogens with zero attached hydrogens (tertiary/aromatic N) is 4. The Morgan fingerprint density at radius 2 is 2.00 bits per heavy atom. The van der Waals surface area contributed by atoms with E-state index in [1.807, 2.05) is 32.0 Å². The Labute approximate surface area is 160 Å². The quantitative estimate of drug-likeness (QED) is 0.782. The second-order valence-electron chi connectivity index (χ2n) is 7.20. The molecular formula is C19H26N4O3S. The molecule has 0 aliphatic carbocycles. The summed E-state index contributed by atoms with van der Waals surface area (Å²) in [5.74, 6) is 0.491. The van der Waals surface area contributed by atoms with Crippen LogP contribution < -0.4 is 4.90 Å². The number of hydrogen-bond acceptors (Lipinski definition) is 4. The number of anilines is 1. The summed E-state index contributed by atoms with van der Waals surface area (Å²) < 4.78 is 28.1. The monoisotopic (exact) mass is 390 g/mol. The van der Waals surface area contributed by atoms with Crippen LogP contribution in [0.15, 0.2) is 30.5 Å². The predicted octanol–water partition coefficient (Wildman–Crippen LogP) is 1.99. The standard InChI is InChI=1S/C19H26N4O3S/c1-14-7-8-15(2)16(12-14)13-23(27(4,25)26)17-6-5-11-22(19(17)24)18-9-10-20-21(18)3/h7-10,12,17H,5-6,11,13H2,1-4H3/t17-/m0/s1. The number of piperidine rings is 1. The zero-order valence-electron chi connectivity index (χ0n) is 16.2. The van der Waals surface area contributed by atoms with Crippen molar-refractivity contribution in [3.63, 3.8) is 0 Å². The molecule has 0 unspecified atom stereocenters. The first-order valence-electron chi connectivity index (χ1n) is 9.01. The molecule has 0 N–H and O–H groups in total. The summed E-state index contributed by atoms with van der Waals surface area (Å²) in [4.78, 5) is 14.8. The van der Waals surface area contributed by atoms with Crippen molar-refractivity contribution in [3.05, 3.63) is 47.2 Å². The van der Waals surface area contributed by atoms with Gasteiger partial charge >= 0.3 is 0 Å².